The molecule has 0 unspecified atom stereocenters. The highest BCUT2D eigenvalue weighted by atomic mass is 79.9. The maximum atomic E-state index is 5.64. The third kappa shape index (κ3) is 4.44. The Hall–Kier alpha value is -0.650. The number of rotatable bonds is 5. The van der Waals surface area contributed by atoms with Gasteiger partial charge in [0.25, 0.3) is 0 Å². The van der Waals surface area contributed by atoms with Gasteiger partial charge in [0, 0.05) is 28.8 Å². The van der Waals surface area contributed by atoms with Crippen LogP contribution in [-0.2, 0) is 0 Å². The summed E-state index contributed by atoms with van der Waals surface area (Å²) >= 11 is 8.48. The van der Waals surface area contributed by atoms with E-state index in [1.54, 1.807) is 0 Å². The summed E-state index contributed by atoms with van der Waals surface area (Å²) in [6, 6.07) is 6.01. The van der Waals surface area contributed by atoms with Crippen LogP contribution in [0, 0.1) is 0 Å². The monoisotopic (exact) mass is 341 g/mol. The zero-order chi connectivity index (χ0) is 13.7. The summed E-state index contributed by atoms with van der Waals surface area (Å²) in [5.41, 5.74) is 7.62. The van der Waals surface area contributed by atoms with E-state index in [0.29, 0.717) is 4.99 Å². The largest absolute Gasteiger partial charge is 0.389 e. The molecule has 1 fully saturated rings. The number of benzene rings is 1. The Labute approximate surface area is 128 Å². The van der Waals surface area contributed by atoms with Gasteiger partial charge in [-0.15, -0.1) is 0 Å². The molecule has 0 bridgehead atoms. The minimum Gasteiger partial charge on any atom is -0.389 e. The molecule has 1 aliphatic heterocycles. The molecule has 19 heavy (non-hydrogen) atoms. The number of nitrogens with one attached hydrogen (secondary N) is 1. The number of thiocarbonyl (C=S) groups is 1. The van der Waals surface area contributed by atoms with Crippen molar-refractivity contribution in [2.75, 3.05) is 31.5 Å². The van der Waals surface area contributed by atoms with E-state index in [4.69, 9.17) is 18.0 Å². The number of anilines is 1. The Morgan fingerprint density at radius 3 is 2.68 bits per heavy atom. The molecule has 1 aliphatic rings. The molecule has 0 spiro atoms. The summed E-state index contributed by atoms with van der Waals surface area (Å²) in [7, 11) is 0. The van der Waals surface area contributed by atoms with E-state index < -0.39 is 0 Å². The first-order valence-corrected chi connectivity index (χ1v) is 7.92. The molecule has 1 saturated heterocycles. The molecule has 0 atom stereocenters. The fourth-order valence-corrected chi connectivity index (χ4v) is 3.27. The van der Waals surface area contributed by atoms with Gasteiger partial charge in [0.15, 0.2) is 0 Å². The lowest BCUT2D eigenvalue weighted by molar-refractivity contribution is 0.237. The molecule has 0 aliphatic carbocycles. The first-order valence-electron chi connectivity index (χ1n) is 6.72. The quantitative estimate of drug-likeness (QED) is 0.808. The number of halogens is 1. The molecule has 1 aromatic rings. The van der Waals surface area contributed by atoms with Gasteiger partial charge in [-0.1, -0.05) is 18.6 Å². The number of nitrogens with zero attached hydrogens (tertiary/aromatic N) is 1. The van der Waals surface area contributed by atoms with Crippen LogP contribution in [0.1, 0.15) is 24.8 Å². The van der Waals surface area contributed by atoms with Crippen molar-refractivity contribution >= 4 is 38.8 Å². The fourth-order valence-electron chi connectivity index (χ4n) is 2.37. The van der Waals surface area contributed by atoms with E-state index in [2.05, 4.69) is 26.1 Å². The van der Waals surface area contributed by atoms with Crippen molar-refractivity contribution in [1.29, 1.82) is 0 Å². The lowest BCUT2D eigenvalue weighted by atomic mass is 10.1. The predicted molar refractivity (Wildman–Crippen MR) is 88.8 cm³/mol. The highest BCUT2D eigenvalue weighted by molar-refractivity contribution is 9.10. The van der Waals surface area contributed by atoms with Crippen molar-refractivity contribution < 1.29 is 0 Å². The van der Waals surface area contributed by atoms with Gasteiger partial charge in [0.1, 0.15) is 4.99 Å². The average Bonchev–Trinajstić information content (AvgIpc) is 2.39. The topological polar surface area (TPSA) is 41.3 Å². The number of hydrogen-bond donors (Lipinski definition) is 2. The second kappa shape index (κ2) is 7.22. The molecule has 104 valence electrons. The number of hydrogen-bond acceptors (Lipinski definition) is 3. The van der Waals surface area contributed by atoms with Gasteiger partial charge >= 0.3 is 0 Å². The van der Waals surface area contributed by atoms with Gasteiger partial charge in [-0.3, -0.25) is 0 Å². The molecular formula is C14H20BrN3S. The van der Waals surface area contributed by atoms with Gasteiger partial charge in [0.2, 0.25) is 0 Å². The van der Waals surface area contributed by atoms with Gasteiger partial charge < -0.3 is 16.0 Å². The highest BCUT2D eigenvalue weighted by Crippen LogP contribution is 2.21. The fraction of sp³-hybridized carbons (Fsp3) is 0.500. The predicted octanol–water partition coefficient (Wildman–Crippen LogP) is 2.98. The van der Waals surface area contributed by atoms with Crippen LogP contribution in [0.5, 0.6) is 0 Å². The number of piperidine rings is 1. The lowest BCUT2D eigenvalue weighted by Crippen LogP contribution is -2.33. The van der Waals surface area contributed by atoms with Crippen molar-refractivity contribution in [3.05, 3.63) is 28.2 Å². The highest BCUT2D eigenvalue weighted by Gasteiger charge is 2.09. The normalized spacial score (nSPS) is 16.3. The van der Waals surface area contributed by atoms with Gasteiger partial charge in [-0.25, -0.2) is 0 Å². The number of nitrogens with two attached hydrogens (primary N) is 1. The van der Waals surface area contributed by atoms with Crippen LogP contribution in [0.15, 0.2) is 22.7 Å². The van der Waals surface area contributed by atoms with E-state index in [-0.39, 0.29) is 0 Å². The summed E-state index contributed by atoms with van der Waals surface area (Å²) in [5, 5.41) is 3.44. The van der Waals surface area contributed by atoms with Crippen molar-refractivity contribution in [2.24, 2.45) is 5.73 Å². The van der Waals surface area contributed by atoms with Gasteiger partial charge in [-0.05, 0) is 60.1 Å². The van der Waals surface area contributed by atoms with Gasteiger partial charge in [-0.2, -0.15) is 0 Å². The van der Waals surface area contributed by atoms with Crippen LogP contribution in [0.25, 0.3) is 0 Å². The standard InChI is InChI=1S/C14H20BrN3S/c15-13-10-11(4-5-12(13)14(16)19)17-6-9-18-7-2-1-3-8-18/h4-5,10,17H,1-3,6-9H2,(H2,16,19). The molecule has 0 amide bonds. The summed E-state index contributed by atoms with van der Waals surface area (Å²) in [4.78, 5) is 2.95. The van der Waals surface area contributed by atoms with Crippen LogP contribution < -0.4 is 11.1 Å². The second-order valence-electron chi connectivity index (χ2n) is 4.89. The second-order valence-corrected chi connectivity index (χ2v) is 6.18. The first kappa shape index (κ1) is 14.8. The lowest BCUT2D eigenvalue weighted by Gasteiger charge is -2.26. The summed E-state index contributed by atoms with van der Waals surface area (Å²) in [5.74, 6) is 0. The molecule has 1 aromatic carbocycles. The van der Waals surface area contributed by atoms with E-state index in [0.717, 1.165) is 28.8 Å². The minimum atomic E-state index is 0.423. The Morgan fingerprint density at radius 1 is 1.32 bits per heavy atom. The average molecular weight is 342 g/mol. The van der Waals surface area contributed by atoms with E-state index in [9.17, 15) is 0 Å². The molecule has 3 N–H and O–H groups in total. The summed E-state index contributed by atoms with van der Waals surface area (Å²) in [6.45, 7) is 4.56. The van der Waals surface area contributed by atoms with Gasteiger partial charge in [0.05, 0.1) is 0 Å². The zero-order valence-corrected chi connectivity index (χ0v) is 13.4. The van der Waals surface area contributed by atoms with E-state index >= 15 is 0 Å². The first-order chi connectivity index (χ1) is 9.16. The minimum absolute atomic E-state index is 0.423. The van der Waals surface area contributed by atoms with Crippen LogP contribution in [0.4, 0.5) is 5.69 Å². The van der Waals surface area contributed by atoms with Crippen molar-refractivity contribution in [1.82, 2.24) is 4.90 Å². The van der Waals surface area contributed by atoms with E-state index in [1.807, 2.05) is 18.2 Å². The van der Waals surface area contributed by atoms with Crippen LogP contribution in [-0.4, -0.2) is 36.1 Å². The Morgan fingerprint density at radius 2 is 2.05 bits per heavy atom. The Kier molecular flexibility index (Phi) is 5.60. The summed E-state index contributed by atoms with van der Waals surface area (Å²) < 4.78 is 0.947. The maximum absolute atomic E-state index is 5.64. The van der Waals surface area contributed by atoms with Crippen LogP contribution in [0.3, 0.4) is 0 Å². The molecule has 5 heteroatoms. The molecule has 3 nitrogen and oxygen atoms in total. The molecule has 0 radical (unpaired) electrons. The Balaban J connectivity index is 1.82. The van der Waals surface area contributed by atoms with Crippen LogP contribution in [0.2, 0.25) is 0 Å². The summed E-state index contributed by atoms with van der Waals surface area (Å²) in [6.07, 6.45) is 4.07. The molecule has 0 aromatic heterocycles. The maximum Gasteiger partial charge on any atom is 0.105 e. The zero-order valence-electron chi connectivity index (χ0n) is 11.0. The van der Waals surface area contributed by atoms with Crippen molar-refractivity contribution in [3.63, 3.8) is 0 Å². The smallest absolute Gasteiger partial charge is 0.105 e. The SMILES string of the molecule is NC(=S)c1ccc(NCCN2CCCCC2)cc1Br. The third-order valence-corrected chi connectivity index (χ3v) is 4.32. The molecule has 1 heterocycles. The molecule has 0 saturated carbocycles. The third-order valence-electron chi connectivity index (χ3n) is 3.44. The molecular weight excluding hydrogens is 322 g/mol. The van der Waals surface area contributed by atoms with Crippen molar-refractivity contribution in [3.8, 4) is 0 Å². The molecule has 2 rings (SSSR count). The number of likely N-dealkylation sites (tertiary alicyclic amines) is 1. The van der Waals surface area contributed by atoms with Crippen LogP contribution >= 0.6 is 28.1 Å². The van der Waals surface area contributed by atoms with Crippen molar-refractivity contribution in [2.45, 2.75) is 19.3 Å². The Bertz CT molecular complexity index is 444. The van der Waals surface area contributed by atoms with E-state index in [1.165, 1.54) is 32.4 Å².